The molecule has 0 saturated heterocycles. The number of benzene rings is 1. The molecule has 2 rings (SSSR count). The maximum atomic E-state index is 8.84. The zero-order valence-corrected chi connectivity index (χ0v) is 10.1. The van der Waals surface area contributed by atoms with Gasteiger partial charge in [-0.2, -0.15) is 0 Å². The van der Waals surface area contributed by atoms with Crippen molar-refractivity contribution in [2.45, 2.75) is 0 Å². The van der Waals surface area contributed by atoms with Crippen LogP contribution in [0.3, 0.4) is 0 Å². The fourth-order valence-corrected chi connectivity index (χ4v) is 1.66. The summed E-state index contributed by atoms with van der Waals surface area (Å²) in [5.74, 6) is 0.184. The molecule has 1 aromatic heterocycles. The van der Waals surface area contributed by atoms with E-state index in [9.17, 15) is 0 Å². The van der Waals surface area contributed by atoms with Crippen molar-refractivity contribution >= 4 is 34.1 Å². The summed E-state index contributed by atoms with van der Waals surface area (Å²) in [6, 6.07) is 7.60. The molecule has 0 unspecified atom stereocenters. The van der Waals surface area contributed by atoms with Crippen LogP contribution in [0.4, 0.5) is 5.69 Å². The van der Waals surface area contributed by atoms with Gasteiger partial charge >= 0.3 is 0 Å². The first kappa shape index (κ1) is 10.9. The quantitative estimate of drug-likeness (QED) is 0.289. The second-order valence-corrected chi connectivity index (χ2v) is 4.12. The lowest BCUT2D eigenvalue weighted by Gasteiger charge is -2.05. The predicted molar refractivity (Wildman–Crippen MR) is 65.4 cm³/mol. The second kappa shape index (κ2) is 4.92. The Balaban J connectivity index is 2.21. The van der Waals surface area contributed by atoms with Crippen molar-refractivity contribution in [2.24, 2.45) is 5.16 Å². The first-order valence-corrected chi connectivity index (χ1v) is 5.40. The third-order valence-corrected chi connectivity index (χ3v) is 2.46. The first-order valence-electron chi connectivity index (χ1n) is 4.32. The van der Waals surface area contributed by atoms with Crippen molar-refractivity contribution in [1.82, 2.24) is 10.3 Å². The molecule has 0 aliphatic carbocycles. The Hall–Kier alpha value is -1.64. The molecule has 0 spiro atoms. The highest BCUT2D eigenvalue weighted by Gasteiger charge is 2.08. The van der Waals surface area contributed by atoms with E-state index in [0.717, 1.165) is 9.26 Å². The minimum absolute atomic E-state index is 0.184. The van der Waals surface area contributed by atoms with Crippen LogP contribution in [0.25, 0.3) is 0 Å². The third kappa shape index (κ3) is 2.48. The molecule has 0 amide bonds. The van der Waals surface area contributed by atoms with Gasteiger partial charge < -0.3 is 10.5 Å². The van der Waals surface area contributed by atoms with Gasteiger partial charge in [0.1, 0.15) is 6.20 Å². The summed E-state index contributed by atoms with van der Waals surface area (Å²) in [6.07, 6.45) is 1.36. The number of nitrogens with zero attached hydrogens (tertiary/aromatic N) is 3. The summed E-state index contributed by atoms with van der Waals surface area (Å²) < 4.78 is 5.49. The molecule has 0 aliphatic rings. The normalized spacial score (nSPS) is 11.4. The molecule has 1 aromatic carbocycles. The van der Waals surface area contributed by atoms with Gasteiger partial charge in [0.15, 0.2) is 5.69 Å². The minimum atomic E-state index is 0.184. The average molecular weight is 330 g/mol. The molecule has 7 heteroatoms. The fourth-order valence-electron chi connectivity index (χ4n) is 1.11. The van der Waals surface area contributed by atoms with Crippen molar-refractivity contribution in [3.8, 4) is 0 Å². The summed E-state index contributed by atoms with van der Waals surface area (Å²) in [7, 11) is 0. The van der Waals surface area contributed by atoms with Crippen LogP contribution in [0.15, 0.2) is 40.2 Å². The Morgan fingerprint density at radius 2 is 2.38 bits per heavy atom. The third-order valence-electron chi connectivity index (χ3n) is 1.79. The van der Waals surface area contributed by atoms with E-state index < -0.39 is 0 Å². The zero-order chi connectivity index (χ0) is 11.4. The molecule has 2 N–H and O–H groups in total. The highest BCUT2D eigenvalue weighted by Crippen LogP contribution is 2.13. The van der Waals surface area contributed by atoms with Crippen molar-refractivity contribution < 1.29 is 9.84 Å². The van der Waals surface area contributed by atoms with E-state index in [-0.39, 0.29) is 5.84 Å². The number of amidine groups is 1. The van der Waals surface area contributed by atoms with E-state index in [1.807, 2.05) is 24.3 Å². The van der Waals surface area contributed by atoms with Gasteiger partial charge in [-0.05, 0) is 45.9 Å². The molecular weight excluding hydrogens is 323 g/mol. The van der Waals surface area contributed by atoms with Crippen molar-refractivity contribution in [3.63, 3.8) is 0 Å². The number of anilines is 1. The van der Waals surface area contributed by atoms with Crippen molar-refractivity contribution in [2.75, 3.05) is 5.32 Å². The number of halogens is 1. The lowest BCUT2D eigenvalue weighted by Crippen LogP contribution is -2.14. The zero-order valence-electron chi connectivity index (χ0n) is 7.96. The molecule has 0 fully saturated rings. The van der Waals surface area contributed by atoms with E-state index in [1.165, 1.54) is 6.20 Å². The molecule has 2 aromatic rings. The monoisotopic (exact) mass is 330 g/mol. The molecule has 16 heavy (non-hydrogen) atoms. The van der Waals surface area contributed by atoms with Crippen LogP contribution in [0.1, 0.15) is 5.69 Å². The van der Waals surface area contributed by atoms with Crippen LogP contribution in [0, 0.1) is 3.57 Å². The van der Waals surface area contributed by atoms with E-state index in [2.05, 4.69) is 48.0 Å². The van der Waals surface area contributed by atoms with E-state index in [0.29, 0.717) is 5.69 Å². The predicted octanol–water partition coefficient (Wildman–Crippen LogP) is 1.92. The lowest BCUT2D eigenvalue weighted by molar-refractivity contribution is 0.303. The Labute approximate surface area is 104 Å². The topological polar surface area (TPSA) is 83.5 Å². The van der Waals surface area contributed by atoms with E-state index in [1.54, 1.807) is 0 Å². The van der Waals surface area contributed by atoms with Gasteiger partial charge in [0.2, 0.25) is 5.84 Å². The second-order valence-electron chi connectivity index (χ2n) is 2.88. The molecule has 6 nitrogen and oxygen atoms in total. The Morgan fingerprint density at radius 1 is 1.50 bits per heavy atom. The molecule has 0 radical (unpaired) electrons. The maximum absolute atomic E-state index is 8.84. The van der Waals surface area contributed by atoms with Gasteiger partial charge in [-0.1, -0.05) is 16.4 Å². The Bertz CT molecular complexity index is 498. The number of nitrogens with one attached hydrogen (secondary N) is 1. The fraction of sp³-hybridized carbons (Fsp3) is 0. The van der Waals surface area contributed by atoms with Crippen LogP contribution in [0.5, 0.6) is 0 Å². The van der Waals surface area contributed by atoms with Gasteiger partial charge in [-0.3, -0.25) is 0 Å². The maximum Gasteiger partial charge on any atom is 0.201 e. The largest absolute Gasteiger partial charge is 0.409 e. The number of aromatic nitrogens is 2. The van der Waals surface area contributed by atoms with Gasteiger partial charge in [-0.15, -0.1) is 0 Å². The van der Waals surface area contributed by atoms with Gasteiger partial charge in [-0.25, -0.2) is 4.63 Å². The molecule has 82 valence electrons. The summed E-state index contributed by atoms with van der Waals surface area (Å²) in [5, 5.41) is 21.8. The van der Waals surface area contributed by atoms with E-state index >= 15 is 0 Å². The van der Waals surface area contributed by atoms with Crippen LogP contribution < -0.4 is 5.32 Å². The molecule has 0 aliphatic heterocycles. The molecule has 1 heterocycles. The van der Waals surface area contributed by atoms with Crippen LogP contribution in [0.2, 0.25) is 0 Å². The van der Waals surface area contributed by atoms with Crippen molar-refractivity contribution in [1.29, 1.82) is 0 Å². The smallest absolute Gasteiger partial charge is 0.201 e. The average Bonchev–Trinajstić information content (AvgIpc) is 2.79. The number of hydrogen-bond donors (Lipinski definition) is 2. The first-order chi connectivity index (χ1) is 7.79. The number of oxime groups is 1. The SMILES string of the molecule is ON=C(Nc1cccc(I)c1)c1cnon1. The van der Waals surface area contributed by atoms with Crippen LogP contribution in [-0.2, 0) is 0 Å². The summed E-state index contributed by atoms with van der Waals surface area (Å²) in [6.45, 7) is 0. The Kier molecular flexibility index (Phi) is 3.34. The molecule has 0 saturated carbocycles. The minimum Gasteiger partial charge on any atom is -0.409 e. The van der Waals surface area contributed by atoms with Crippen LogP contribution >= 0.6 is 22.6 Å². The Morgan fingerprint density at radius 3 is 3.00 bits per heavy atom. The molecular formula is C9H7IN4O2. The van der Waals surface area contributed by atoms with Crippen LogP contribution in [-0.4, -0.2) is 21.4 Å². The van der Waals surface area contributed by atoms with Crippen molar-refractivity contribution in [3.05, 3.63) is 39.7 Å². The summed E-state index contributed by atoms with van der Waals surface area (Å²) in [5.41, 5.74) is 1.13. The van der Waals surface area contributed by atoms with Gasteiger partial charge in [0, 0.05) is 9.26 Å². The number of rotatable bonds is 2. The summed E-state index contributed by atoms with van der Waals surface area (Å²) >= 11 is 2.19. The highest BCUT2D eigenvalue weighted by atomic mass is 127. The molecule has 0 bridgehead atoms. The lowest BCUT2D eigenvalue weighted by atomic mass is 10.3. The highest BCUT2D eigenvalue weighted by molar-refractivity contribution is 14.1. The van der Waals surface area contributed by atoms with Gasteiger partial charge in [0.05, 0.1) is 0 Å². The van der Waals surface area contributed by atoms with Gasteiger partial charge in [0.25, 0.3) is 0 Å². The number of hydrogen-bond acceptors (Lipinski definition) is 5. The summed E-state index contributed by atoms with van der Waals surface area (Å²) in [4.78, 5) is 0. The molecule has 0 atom stereocenters. The standard InChI is InChI=1S/C9H7IN4O2/c10-6-2-1-3-7(4-6)12-9(13-15)8-5-11-16-14-8/h1-5,15H,(H,12,13). The van der Waals surface area contributed by atoms with E-state index in [4.69, 9.17) is 5.21 Å².